The van der Waals surface area contributed by atoms with Crippen molar-refractivity contribution in [2.24, 2.45) is 11.3 Å². The van der Waals surface area contributed by atoms with Crippen molar-refractivity contribution in [3.8, 4) is 11.8 Å². The molecule has 0 saturated carbocycles. The molecule has 1 heterocycles. The van der Waals surface area contributed by atoms with E-state index in [1.54, 1.807) is 23.5 Å². The molecule has 1 aromatic heterocycles. The van der Waals surface area contributed by atoms with Crippen LogP contribution >= 0.6 is 27.3 Å². The average molecular weight is 447 g/mol. The number of rotatable bonds is 4. The van der Waals surface area contributed by atoms with Gasteiger partial charge in [-0.25, -0.2) is 0 Å². The third-order valence-corrected chi connectivity index (χ3v) is 6.74. The molecule has 0 saturated heterocycles. The van der Waals surface area contributed by atoms with Gasteiger partial charge in [0.1, 0.15) is 16.8 Å². The highest BCUT2D eigenvalue weighted by Crippen LogP contribution is 2.43. The van der Waals surface area contributed by atoms with E-state index in [0.29, 0.717) is 22.2 Å². The van der Waals surface area contributed by atoms with Gasteiger partial charge in [0.05, 0.1) is 5.56 Å². The molecule has 1 aromatic carbocycles. The maximum Gasteiger partial charge on any atom is 0.262 e. The number of carbonyl (C=O) groups is 1. The summed E-state index contributed by atoms with van der Waals surface area (Å²) in [6, 6.07) is 9.61. The van der Waals surface area contributed by atoms with E-state index in [2.05, 4.69) is 48.1 Å². The number of benzene rings is 1. The van der Waals surface area contributed by atoms with Gasteiger partial charge >= 0.3 is 0 Å². The minimum atomic E-state index is -0.250. The number of ether oxygens (including phenoxy) is 1. The number of hydrogen-bond acceptors (Lipinski definition) is 4. The first kappa shape index (κ1) is 19.9. The van der Waals surface area contributed by atoms with Crippen molar-refractivity contribution >= 4 is 38.2 Å². The van der Waals surface area contributed by atoms with Gasteiger partial charge in [0.2, 0.25) is 0 Å². The molecule has 1 atom stereocenters. The van der Waals surface area contributed by atoms with E-state index in [-0.39, 0.29) is 17.9 Å². The first-order valence-corrected chi connectivity index (χ1v) is 10.6. The zero-order chi connectivity index (χ0) is 19.6. The highest BCUT2D eigenvalue weighted by molar-refractivity contribution is 9.10. The second-order valence-corrected chi connectivity index (χ2v) is 9.94. The summed E-state index contributed by atoms with van der Waals surface area (Å²) in [4.78, 5) is 13.5. The predicted octanol–water partition coefficient (Wildman–Crippen LogP) is 5.55. The number of amides is 1. The molecule has 0 aliphatic heterocycles. The first-order valence-electron chi connectivity index (χ1n) is 9.00. The quantitative estimate of drug-likeness (QED) is 0.669. The summed E-state index contributed by atoms with van der Waals surface area (Å²) in [5, 5.41) is 13.1. The van der Waals surface area contributed by atoms with E-state index < -0.39 is 0 Å². The molecule has 0 spiro atoms. The Bertz CT molecular complexity index is 875. The van der Waals surface area contributed by atoms with Crippen LogP contribution in [0.25, 0.3) is 0 Å². The summed E-state index contributed by atoms with van der Waals surface area (Å²) in [7, 11) is 0. The van der Waals surface area contributed by atoms with Crippen molar-refractivity contribution < 1.29 is 9.53 Å². The molecule has 4 nitrogen and oxygen atoms in total. The fraction of sp³-hybridized carbons (Fsp3) is 0.429. The van der Waals surface area contributed by atoms with E-state index in [1.807, 2.05) is 12.1 Å². The van der Waals surface area contributed by atoms with Crippen LogP contribution in [0.3, 0.4) is 0 Å². The standard InChI is InChI=1S/C21H23BrN2O2S/c1-21(2,3)13-4-9-16-17(11-23)20(27-18(16)10-13)24-19(25)12-26-15-7-5-14(22)6-8-15/h5-8,13H,4,9-10,12H2,1-3H3,(H,24,25)/t13-/m1/s1. The largest absolute Gasteiger partial charge is 0.484 e. The monoisotopic (exact) mass is 446 g/mol. The van der Waals surface area contributed by atoms with Gasteiger partial charge in [0.25, 0.3) is 5.91 Å². The van der Waals surface area contributed by atoms with Crippen molar-refractivity contribution in [2.45, 2.75) is 40.0 Å². The van der Waals surface area contributed by atoms with Crippen LogP contribution in [0.2, 0.25) is 0 Å². The molecule has 27 heavy (non-hydrogen) atoms. The second kappa shape index (κ2) is 8.04. The number of fused-ring (bicyclic) bond motifs is 1. The van der Waals surface area contributed by atoms with Crippen molar-refractivity contribution in [3.05, 3.63) is 44.7 Å². The number of hydrogen-bond donors (Lipinski definition) is 1. The maximum absolute atomic E-state index is 12.3. The third kappa shape index (κ3) is 4.72. The van der Waals surface area contributed by atoms with Crippen LogP contribution in [0.1, 0.15) is 43.2 Å². The number of nitrogens with zero attached hydrogens (tertiary/aromatic N) is 1. The summed E-state index contributed by atoms with van der Waals surface area (Å²) in [6.45, 7) is 6.72. The van der Waals surface area contributed by atoms with Crippen molar-refractivity contribution in [3.63, 3.8) is 0 Å². The zero-order valence-corrected chi connectivity index (χ0v) is 18.2. The van der Waals surface area contributed by atoms with Gasteiger partial charge in [0.15, 0.2) is 6.61 Å². The second-order valence-electron chi connectivity index (χ2n) is 7.92. The molecule has 142 valence electrons. The number of nitriles is 1. The van der Waals surface area contributed by atoms with Crippen LogP contribution in [0, 0.1) is 22.7 Å². The number of halogens is 1. The molecule has 0 radical (unpaired) electrons. The lowest BCUT2D eigenvalue weighted by Gasteiger charge is -2.33. The molecule has 3 rings (SSSR count). The Balaban J connectivity index is 1.68. The van der Waals surface area contributed by atoms with Gasteiger partial charge in [-0.15, -0.1) is 11.3 Å². The summed E-state index contributed by atoms with van der Waals surface area (Å²) in [6.07, 6.45) is 2.97. The molecule has 1 aliphatic rings. The van der Waals surface area contributed by atoms with Crippen LogP contribution in [0.15, 0.2) is 28.7 Å². The summed E-state index contributed by atoms with van der Waals surface area (Å²) in [5.74, 6) is 0.979. The maximum atomic E-state index is 12.3. The lowest BCUT2D eigenvalue weighted by Crippen LogP contribution is -2.26. The molecule has 6 heteroatoms. The molecule has 0 fully saturated rings. The lowest BCUT2D eigenvalue weighted by atomic mass is 9.72. The van der Waals surface area contributed by atoms with E-state index in [4.69, 9.17) is 4.74 Å². The number of anilines is 1. The third-order valence-electron chi connectivity index (χ3n) is 5.04. The van der Waals surface area contributed by atoms with Crippen LogP contribution in [0.4, 0.5) is 5.00 Å². The summed E-state index contributed by atoms with van der Waals surface area (Å²) >= 11 is 4.91. The smallest absolute Gasteiger partial charge is 0.262 e. The molecular weight excluding hydrogens is 424 g/mol. The van der Waals surface area contributed by atoms with Gasteiger partial charge in [0, 0.05) is 9.35 Å². The average Bonchev–Trinajstić information content (AvgIpc) is 2.96. The van der Waals surface area contributed by atoms with E-state index in [1.165, 1.54) is 4.88 Å². The molecule has 1 amide bonds. The van der Waals surface area contributed by atoms with Gasteiger partial charge < -0.3 is 10.1 Å². The fourth-order valence-electron chi connectivity index (χ4n) is 3.37. The molecule has 2 aromatic rings. The van der Waals surface area contributed by atoms with Gasteiger partial charge in [-0.1, -0.05) is 36.7 Å². The van der Waals surface area contributed by atoms with E-state index in [9.17, 15) is 10.1 Å². The summed E-state index contributed by atoms with van der Waals surface area (Å²) in [5.41, 5.74) is 1.99. The molecule has 1 N–H and O–H groups in total. The molecule has 0 bridgehead atoms. The SMILES string of the molecule is CC(C)(C)[C@@H]1CCc2c(sc(NC(=O)COc3ccc(Br)cc3)c2C#N)C1. The Morgan fingerprint density at radius 1 is 1.37 bits per heavy atom. The Morgan fingerprint density at radius 3 is 2.70 bits per heavy atom. The highest BCUT2D eigenvalue weighted by Gasteiger charge is 2.32. The van der Waals surface area contributed by atoms with Crippen molar-refractivity contribution in [1.82, 2.24) is 0 Å². The number of carbonyl (C=O) groups excluding carboxylic acids is 1. The first-order chi connectivity index (χ1) is 12.8. The minimum absolute atomic E-state index is 0.0836. The van der Waals surface area contributed by atoms with Crippen molar-refractivity contribution in [2.75, 3.05) is 11.9 Å². The Labute approximate surface area is 172 Å². The highest BCUT2D eigenvalue weighted by atomic mass is 79.9. The van der Waals surface area contributed by atoms with Crippen LogP contribution in [0.5, 0.6) is 5.75 Å². The van der Waals surface area contributed by atoms with Gasteiger partial charge in [-0.05, 0) is 60.4 Å². The Hall–Kier alpha value is -1.84. The van der Waals surface area contributed by atoms with Crippen LogP contribution in [-0.2, 0) is 17.6 Å². The van der Waals surface area contributed by atoms with Gasteiger partial charge in [-0.3, -0.25) is 4.79 Å². The topological polar surface area (TPSA) is 62.1 Å². The summed E-state index contributed by atoms with van der Waals surface area (Å²) < 4.78 is 6.48. The van der Waals surface area contributed by atoms with Crippen molar-refractivity contribution in [1.29, 1.82) is 5.26 Å². The predicted molar refractivity (Wildman–Crippen MR) is 112 cm³/mol. The Kier molecular flexibility index (Phi) is 5.92. The molecular formula is C21H23BrN2O2S. The van der Waals surface area contributed by atoms with Crippen LogP contribution in [-0.4, -0.2) is 12.5 Å². The number of thiophene rings is 1. The molecule has 1 aliphatic carbocycles. The number of nitrogens with one attached hydrogen (secondary N) is 1. The van der Waals surface area contributed by atoms with E-state index >= 15 is 0 Å². The molecule has 0 unspecified atom stereocenters. The van der Waals surface area contributed by atoms with Crippen LogP contribution < -0.4 is 10.1 Å². The lowest BCUT2D eigenvalue weighted by molar-refractivity contribution is -0.118. The minimum Gasteiger partial charge on any atom is -0.484 e. The Morgan fingerprint density at radius 2 is 2.07 bits per heavy atom. The fourth-order valence-corrected chi connectivity index (χ4v) is 4.93. The zero-order valence-electron chi connectivity index (χ0n) is 15.8. The van der Waals surface area contributed by atoms with Gasteiger partial charge in [-0.2, -0.15) is 5.26 Å². The van der Waals surface area contributed by atoms with E-state index in [0.717, 1.165) is 29.3 Å². The normalized spacial score (nSPS) is 16.3.